The Morgan fingerprint density at radius 3 is 2.46 bits per heavy atom. The first-order valence-electron chi connectivity index (χ1n) is 4.11. The van der Waals surface area contributed by atoms with Gasteiger partial charge in [-0.15, -0.1) is 0 Å². The van der Waals surface area contributed by atoms with Crippen LogP contribution in [-0.4, -0.2) is 41.3 Å². The number of ether oxygens (including phenoxy) is 1. The highest BCUT2D eigenvalue weighted by atomic mass is 16.6. The summed E-state index contributed by atoms with van der Waals surface area (Å²) in [7, 11) is 1.43. The lowest BCUT2D eigenvalue weighted by atomic mass is 10.00. The van der Waals surface area contributed by atoms with E-state index in [-0.39, 0.29) is 5.92 Å². The van der Waals surface area contributed by atoms with E-state index in [2.05, 4.69) is 0 Å². The largest absolute Gasteiger partial charge is 0.480 e. The van der Waals surface area contributed by atoms with Crippen LogP contribution in [0.1, 0.15) is 13.8 Å². The zero-order chi connectivity index (χ0) is 10.2. The van der Waals surface area contributed by atoms with E-state index in [0.717, 1.165) is 4.90 Å². The van der Waals surface area contributed by atoms with E-state index in [0.29, 0.717) is 0 Å². The van der Waals surface area contributed by atoms with Crippen molar-refractivity contribution >= 4 is 12.1 Å². The zero-order valence-electron chi connectivity index (χ0n) is 7.85. The van der Waals surface area contributed by atoms with Gasteiger partial charge in [-0.1, -0.05) is 13.8 Å². The minimum atomic E-state index is -1.02. The number of aliphatic carboxylic acids is 1. The fourth-order valence-electron chi connectivity index (χ4n) is 1.40. The Labute approximate surface area is 76.3 Å². The molecule has 1 aliphatic heterocycles. The molecular formula is C8H13NO4. The molecule has 2 atom stereocenters. The minimum absolute atomic E-state index is 0.00926. The lowest BCUT2D eigenvalue weighted by Gasteiger charge is -2.19. The predicted molar refractivity (Wildman–Crippen MR) is 44.3 cm³/mol. The molecule has 0 bridgehead atoms. The van der Waals surface area contributed by atoms with Crippen molar-refractivity contribution in [1.82, 2.24) is 4.90 Å². The molecule has 0 aromatic carbocycles. The quantitative estimate of drug-likeness (QED) is 0.685. The van der Waals surface area contributed by atoms with Crippen molar-refractivity contribution in [1.29, 1.82) is 0 Å². The molecule has 13 heavy (non-hydrogen) atoms. The maximum Gasteiger partial charge on any atom is 0.410 e. The van der Waals surface area contributed by atoms with Crippen LogP contribution in [0.5, 0.6) is 0 Å². The first-order chi connectivity index (χ1) is 5.95. The van der Waals surface area contributed by atoms with Crippen molar-refractivity contribution in [3.63, 3.8) is 0 Å². The Morgan fingerprint density at radius 1 is 1.62 bits per heavy atom. The van der Waals surface area contributed by atoms with Gasteiger partial charge in [0.1, 0.15) is 6.10 Å². The molecule has 1 heterocycles. The molecule has 0 saturated carbocycles. The van der Waals surface area contributed by atoms with E-state index < -0.39 is 24.2 Å². The summed E-state index contributed by atoms with van der Waals surface area (Å²) in [5, 5.41) is 8.85. The van der Waals surface area contributed by atoms with Crippen LogP contribution in [0.2, 0.25) is 0 Å². The summed E-state index contributed by atoms with van der Waals surface area (Å²) >= 11 is 0. The van der Waals surface area contributed by atoms with Gasteiger partial charge >= 0.3 is 12.1 Å². The number of cyclic esters (lactones) is 1. The van der Waals surface area contributed by atoms with Crippen LogP contribution in [0, 0.1) is 5.92 Å². The zero-order valence-corrected chi connectivity index (χ0v) is 7.85. The van der Waals surface area contributed by atoms with Gasteiger partial charge in [0.25, 0.3) is 0 Å². The Balaban J connectivity index is 2.87. The molecule has 0 aromatic heterocycles. The van der Waals surface area contributed by atoms with Crippen LogP contribution in [0.15, 0.2) is 0 Å². The number of likely N-dealkylation sites (N-methyl/N-ethyl adjacent to an activating group) is 1. The van der Waals surface area contributed by atoms with Crippen molar-refractivity contribution in [3.8, 4) is 0 Å². The number of carboxylic acid groups (broad SMARTS) is 1. The molecule has 74 valence electrons. The molecule has 1 saturated heterocycles. The highest BCUT2D eigenvalue weighted by molar-refractivity contribution is 5.83. The van der Waals surface area contributed by atoms with E-state index in [1.807, 2.05) is 13.8 Å². The van der Waals surface area contributed by atoms with Gasteiger partial charge in [-0.05, 0) is 5.92 Å². The van der Waals surface area contributed by atoms with Gasteiger partial charge in [0.05, 0.1) is 0 Å². The molecule has 1 amide bonds. The molecule has 0 unspecified atom stereocenters. The predicted octanol–water partition coefficient (Wildman–Crippen LogP) is 0.546. The monoisotopic (exact) mass is 187 g/mol. The van der Waals surface area contributed by atoms with Gasteiger partial charge in [-0.3, -0.25) is 4.90 Å². The normalized spacial score (nSPS) is 28.0. The fourth-order valence-corrected chi connectivity index (χ4v) is 1.40. The Bertz CT molecular complexity index is 238. The number of carboxylic acids is 1. The number of carbonyl (C=O) groups excluding carboxylic acids is 1. The van der Waals surface area contributed by atoms with Crippen molar-refractivity contribution in [3.05, 3.63) is 0 Å². The summed E-state index contributed by atoms with van der Waals surface area (Å²) < 4.78 is 4.92. The lowest BCUT2D eigenvalue weighted by molar-refractivity contribution is -0.143. The van der Waals surface area contributed by atoms with E-state index in [1.165, 1.54) is 7.05 Å². The molecule has 0 radical (unpaired) electrons. The number of hydrogen-bond acceptors (Lipinski definition) is 3. The third-order valence-corrected chi connectivity index (χ3v) is 2.16. The Morgan fingerprint density at radius 2 is 2.15 bits per heavy atom. The van der Waals surface area contributed by atoms with Crippen molar-refractivity contribution in [2.45, 2.75) is 26.0 Å². The fraction of sp³-hybridized carbons (Fsp3) is 0.750. The highest BCUT2D eigenvalue weighted by Gasteiger charge is 2.45. The molecule has 0 aromatic rings. The third kappa shape index (κ3) is 1.59. The molecular weight excluding hydrogens is 174 g/mol. The smallest absolute Gasteiger partial charge is 0.410 e. The Hall–Kier alpha value is -1.26. The van der Waals surface area contributed by atoms with Crippen LogP contribution in [-0.2, 0) is 9.53 Å². The average molecular weight is 187 g/mol. The standard InChI is InChI=1S/C8H13NO4/c1-4(2)6-5(7(10)11)9(3)8(12)13-6/h4-6H,1-3H3,(H,10,11)/t5-,6+/m0/s1. The summed E-state index contributed by atoms with van der Waals surface area (Å²) in [5.41, 5.74) is 0. The SMILES string of the molecule is CC(C)[C@H]1OC(=O)N(C)[C@@H]1C(=O)O. The van der Waals surface area contributed by atoms with E-state index in [9.17, 15) is 9.59 Å². The molecule has 5 heteroatoms. The van der Waals surface area contributed by atoms with Gasteiger partial charge in [0.2, 0.25) is 0 Å². The first kappa shape index (κ1) is 9.83. The van der Waals surface area contributed by atoms with Crippen molar-refractivity contribution < 1.29 is 19.4 Å². The summed E-state index contributed by atoms with van der Waals surface area (Å²) in [6.45, 7) is 3.65. The second kappa shape index (κ2) is 3.24. The van der Waals surface area contributed by atoms with Crippen LogP contribution >= 0.6 is 0 Å². The summed E-state index contributed by atoms with van der Waals surface area (Å²) in [6, 6.07) is -0.854. The van der Waals surface area contributed by atoms with Crippen LogP contribution in [0.3, 0.4) is 0 Å². The lowest BCUT2D eigenvalue weighted by Crippen LogP contribution is -2.42. The number of hydrogen-bond donors (Lipinski definition) is 1. The molecule has 0 spiro atoms. The number of rotatable bonds is 2. The number of amides is 1. The molecule has 1 fully saturated rings. The van der Waals surface area contributed by atoms with E-state index in [1.54, 1.807) is 0 Å². The maximum atomic E-state index is 11.0. The molecule has 1 aliphatic rings. The molecule has 1 N–H and O–H groups in total. The van der Waals surface area contributed by atoms with Gasteiger partial charge in [-0.25, -0.2) is 9.59 Å². The van der Waals surface area contributed by atoms with Crippen molar-refractivity contribution in [2.24, 2.45) is 5.92 Å². The van der Waals surface area contributed by atoms with Crippen molar-refractivity contribution in [2.75, 3.05) is 7.05 Å². The van der Waals surface area contributed by atoms with Crippen LogP contribution in [0.25, 0.3) is 0 Å². The summed E-state index contributed by atoms with van der Waals surface area (Å²) in [4.78, 5) is 23.0. The topological polar surface area (TPSA) is 66.8 Å². The molecule has 0 aliphatic carbocycles. The second-order valence-electron chi connectivity index (χ2n) is 3.49. The molecule has 1 rings (SSSR count). The number of carbonyl (C=O) groups is 2. The van der Waals surface area contributed by atoms with E-state index in [4.69, 9.17) is 9.84 Å². The second-order valence-corrected chi connectivity index (χ2v) is 3.49. The highest BCUT2D eigenvalue weighted by Crippen LogP contribution is 2.23. The third-order valence-electron chi connectivity index (χ3n) is 2.16. The van der Waals surface area contributed by atoms with E-state index >= 15 is 0 Å². The van der Waals surface area contributed by atoms with Gasteiger partial charge < -0.3 is 9.84 Å². The average Bonchev–Trinajstić information content (AvgIpc) is 2.28. The number of nitrogens with zero attached hydrogens (tertiary/aromatic N) is 1. The first-order valence-corrected chi connectivity index (χ1v) is 4.11. The van der Waals surface area contributed by atoms with Crippen LogP contribution < -0.4 is 0 Å². The van der Waals surface area contributed by atoms with Crippen LogP contribution in [0.4, 0.5) is 4.79 Å². The van der Waals surface area contributed by atoms with Gasteiger partial charge in [0, 0.05) is 7.05 Å². The van der Waals surface area contributed by atoms with Gasteiger partial charge in [-0.2, -0.15) is 0 Å². The summed E-state index contributed by atoms with van der Waals surface area (Å²) in [6.07, 6.45) is -1.11. The maximum absolute atomic E-state index is 11.0. The van der Waals surface area contributed by atoms with Gasteiger partial charge in [0.15, 0.2) is 6.04 Å². The summed E-state index contributed by atoms with van der Waals surface area (Å²) in [5.74, 6) is -1.01. The minimum Gasteiger partial charge on any atom is -0.480 e. The Kier molecular flexibility index (Phi) is 2.45. The molecule has 5 nitrogen and oxygen atoms in total.